The van der Waals surface area contributed by atoms with Gasteiger partial charge in [0.2, 0.25) is 0 Å². The maximum Gasteiger partial charge on any atom is 0.132 e. The first-order chi connectivity index (χ1) is 5.84. The van der Waals surface area contributed by atoms with Crippen molar-refractivity contribution in [2.24, 2.45) is 0 Å². The van der Waals surface area contributed by atoms with E-state index in [1.165, 1.54) is 12.8 Å². The van der Waals surface area contributed by atoms with Gasteiger partial charge in [0.25, 0.3) is 0 Å². The molecule has 1 atom stereocenters. The molecule has 0 aliphatic carbocycles. The monoisotopic (exact) mass is 168 g/mol. The van der Waals surface area contributed by atoms with Crippen LogP contribution in [0, 0.1) is 0 Å². The first-order valence-electron chi connectivity index (χ1n) is 4.56. The molecule has 1 aromatic rings. The maximum absolute atomic E-state index is 9.54. The molecule has 2 nitrogen and oxygen atoms in total. The molecule has 0 bridgehead atoms. The first kappa shape index (κ1) is 9.33. The van der Waals surface area contributed by atoms with Gasteiger partial charge in [0.1, 0.15) is 11.9 Å². The molecule has 0 unspecified atom stereocenters. The Bertz CT molecular complexity index is 192. The minimum Gasteiger partial charge on any atom is -0.467 e. The molecule has 1 heterocycles. The molecule has 0 spiro atoms. The van der Waals surface area contributed by atoms with Gasteiger partial charge in [-0.15, -0.1) is 0 Å². The predicted octanol–water partition coefficient (Wildman–Crippen LogP) is 2.89. The highest BCUT2D eigenvalue weighted by Crippen LogP contribution is 2.19. The van der Waals surface area contributed by atoms with E-state index in [2.05, 4.69) is 6.92 Å². The average Bonchev–Trinajstić information content (AvgIpc) is 2.56. The lowest BCUT2D eigenvalue weighted by Gasteiger charge is -2.05. The van der Waals surface area contributed by atoms with Crippen LogP contribution in [0.3, 0.4) is 0 Å². The molecule has 0 aromatic carbocycles. The van der Waals surface area contributed by atoms with Crippen LogP contribution in [0.25, 0.3) is 0 Å². The molecule has 0 aliphatic heterocycles. The van der Waals surface area contributed by atoms with Crippen molar-refractivity contribution in [3.8, 4) is 0 Å². The molecule has 12 heavy (non-hydrogen) atoms. The highest BCUT2D eigenvalue weighted by molar-refractivity contribution is 5.01. The Hall–Kier alpha value is -0.760. The van der Waals surface area contributed by atoms with E-state index in [1.54, 1.807) is 12.3 Å². The van der Waals surface area contributed by atoms with Crippen molar-refractivity contribution >= 4 is 0 Å². The Balaban J connectivity index is 2.25. The summed E-state index contributed by atoms with van der Waals surface area (Å²) in [6.45, 7) is 2.15. The lowest BCUT2D eigenvalue weighted by atomic mass is 10.1. The molecule has 0 fully saturated rings. The van der Waals surface area contributed by atoms with Crippen molar-refractivity contribution in [1.82, 2.24) is 0 Å². The normalized spacial score (nSPS) is 13.2. The summed E-state index contributed by atoms with van der Waals surface area (Å²) in [6.07, 6.45) is 5.42. The lowest BCUT2D eigenvalue weighted by Crippen LogP contribution is -1.94. The number of furan rings is 1. The topological polar surface area (TPSA) is 33.4 Å². The summed E-state index contributed by atoms with van der Waals surface area (Å²) in [5.74, 6) is 0.686. The van der Waals surface area contributed by atoms with Crippen LogP contribution in [0.4, 0.5) is 0 Å². The van der Waals surface area contributed by atoms with Gasteiger partial charge in [-0.1, -0.05) is 26.2 Å². The van der Waals surface area contributed by atoms with Gasteiger partial charge >= 0.3 is 0 Å². The summed E-state index contributed by atoms with van der Waals surface area (Å²) in [4.78, 5) is 0. The molecule has 1 rings (SSSR count). The van der Waals surface area contributed by atoms with Crippen LogP contribution in [0.15, 0.2) is 22.8 Å². The molecule has 0 amide bonds. The van der Waals surface area contributed by atoms with E-state index in [1.807, 2.05) is 6.07 Å². The quantitative estimate of drug-likeness (QED) is 0.686. The second kappa shape index (κ2) is 4.99. The van der Waals surface area contributed by atoms with Crippen molar-refractivity contribution in [2.45, 2.75) is 38.7 Å². The second-order valence-electron chi connectivity index (χ2n) is 3.03. The summed E-state index contributed by atoms with van der Waals surface area (Å²) in [5.41, 5.74) is 0. The van der Waals surface area contributed by atoms with Crippen LogP contribution in [0.1, 0.15) is 44.5 Å². The third-order valence-corrected chi connectivity index (χ3v) is 1.95. The molecular formula is C10H16O2. The van der Waals surface area contributed by atoms with Gasteiger partial charge in [0, 0.05) is 0 Å². The standard InChI is InChI=1S/C10H16O2/c1-2-3-4-6-9(11)10-7-5-8-12-10/h5,7-9,11H,2-4,6H2,1H3/t9-/m0/s1. The van der Waals surface area contributed by atoms with Crippen molar-refractivity contribution in [1.29, 1.82) is 0 Å². The van der Waals surface area contributed by atoms with E-state index in [0.29, 0.717) is 5.76 Å². The third kappa shape index (κ3) is 2.70. The predicted molar refractivity (Wildman–Crippen MR) is 47.8 cm³/mol. The molecule has 1 N–H and O–H groups in total. The fraction of sp³-hybridized carbons (Fsp3) is 0.600. The van der Waals surface area contributed by atoms with Gasteiger partial charge in [-0.2, -0.15) is 0 Å². The Kier molecular flexibility index (Phi) is 3.88. The number of unbranched alkanes of at least 4 members (excludes halogenated alkanes) is 2. The molecule has 0 aliphatic rings. The van der Waals surface area contributed by atoms with Gasteiger partial charge in [0.15, 0.2) is 0 Å². The summed E-state index contributed by atoms with van der Waals surface area (Å²) >= 11 is 0. The van der Waals surface area contributed by atoms with Crippen LogP contribution in [0.5, 0.6) is 0 Å². The fourth-order valence-electron chi connectivity index (χ4n) is 1.21. The third-order valence-electron chi connectivity index (χ3n) is 1.95. The second-order valence-corrected chi connectivity index (χ2v) is 3.03. The SMILES string of the molecule is CCCCC[C@H](O)c1ccco1. The van der Waals surface area contributed by atoms with E-state index >= 15 is 0 Å². The van der Waals surface area contributed by atoms with Gasteiger partial charge in [-0.25, -0.2) is 0 Å². The molecule has 0 saturated carbocycles. The molecular weight excluding hydrogens is 152 g/mol. The van der Waals surface area contributed by atoms with Crippen LogP contribution in [-0.2, 0) is 0 Å². The van der Waals surface area contributed by atoms with Crippen molar-refractivity contribution in [2.75, 3.05) is 0 Å². The van der Waals surface area contributed by atoms with Crippen LogP contribution < -0.4 is 0 Å². The van der Waals surface area contributed by atoms with E-state index in [0.717, 1.165) is 12.8 Å². The zero-order valence-electron chi connectivity index (χ0n) is 7.49. The molecule has 2 heteroatoms. The minimum atomic E-state index is -0.411. The lowest BCUT2D eigenvalue weighted by molar-refractivity contribution is 0.137. The van der Waals surface area contributed by atoms with Crippen LogP contribution in [-0.4, -0.2) is 5.11 Å². The number of rotatable bonds is 5. The average molecular weight is 168 g/mol. The Morgan fingerprint density at radius 3 is 2.92 bits per heavy atom. The molecule has 1 aromatic heterocycles. The zero-order valence-corrected chi connectivity index (χ0v) is 7.49. The van der Waals surface area contributed by atoms with E-state index in [-0.39, 0.29) is 0 Å². The Labute approximate surface area is 73.2 Å². The van der Waals surface area contributed by atoms with Gasteiger partial charge < -0.3 is 9.52 Å². The van der Waals surface area contributed by atoms with Crippen molar-refractivity contribution < 1.29 is 9.52 Å². The number of aliphatic hydroxyl groups is 1. The molecule has 68 valence electrons. The minimum absolute atomic E-state index is 0.411. The summed E-state index contributed by atoms with van der Waals surface area (Å²) in [6, 6.07) is 3.62. The summed E-state index contributed by atoms with van der Waals surface area (Å²) < 4.78 is 5.08. The number of aliphatic hydroxyl groups excluding tert-OH is 1. The van der Waals surface area contributed by atoms with E-state index in [9.17, 15) is 5.11 Å². The van der Waals surface area contributed by atoms with Gasteiger partial charge in [-0.05, 0) is 18.6 Å². The van der Waals surface area contributed by atoms with E-state index < -0.39 is 6.10 Å². The number of hydrogen-bond donors (Lipinski definition) is 1. The van der Waals surface area contributed by atoms with Gasteiger partial charge in [0.05, 0.1) is 6.26 Å². The molecule has 0 saturated heterocycles. The van der Waals surface area contributed by atoms with E-state index in [4.69, 9.17) is 4.42 Å². The van der Waals surface area contributed by atoms with Crippen LogP contribution >= 0.6 is 0 Å². The zero-order chi connectivity index (χ0) is 8.81. The largest absolute Gasteiger partial charge is 0.467 e. The number of hydrogen-bond acceptors (Lipinski definition) is 2. The van der Waals surface area contributed by atoms with Crippen molar-refractivity contribution in [3.05, 3.63) is 24.2 Å². The summed E-state index contributed by atoms with van der Waals surface area (Å²) in [5, 5.41) is 9.54. The smallest absolute Gasteiger partial charge is 0.132 e. The fourth-order valence-corrected chi connectivity index (χ4v) is 1.21. The Morgan fingerprint density at radius 2 is 2.33 bits per heavy atom. The van der Waals surface area contributed by atoms with Gasteiger partial charge in [-0.3, -0.25) is 0 Å². The first-order valence-corrected chi connectivity index (χ1v) is 4.56. The highest BCUT2D eigenvalue weighted by atomic mass is 16.4. The molecule has 0 radical (unpaired) electrons. The highest BCUT2D eigenvalue weighted by Gasteiger charge is 2.08. The summed E-state index contributed by atoms with van der Waals surface area (Å²) in [7, 11) is 0. The van der Waals surface area contributed by atoms with Crippen molar-refractivity contribution in [3.63, 3.8) is 0 Å². The Morgan fingerprint density at radius 1 is 1.50 bits per heavy atom. The van der Waals surface area contributed by atoms with Crippen LogP contribution in [0.2, 0.25) is 0 Å². The maximum atomic E-state index is 9.54.